The fraction of sp³-hybridized carbons (Fsp3) is 0.467. The van der Waals surface area contributed by atoms with E-state index in [1.165, 1.54) is 12.8 Å². The predicted octanol–water partition coefficient (Wildman–Crippen LogP) is 4.00. The minimum atomic E-state index is 0.382. The first-order valence-corrected chi connectivity index (χ1v) is 6.93. The van der Waals surface area contributed by atoms with Crippen LogP contribution in [0.2, 0.25) is 0 Å². The first-order valence-electron chi connectivity index (χ1n) is 6.93. The maximum absolute atomic E-state index is 5.97. The molecule has 19 heavy (non-hydrogen) atoms. The Morgan fingerprint density at radius 2 is 2.00 bits per heavy atom. The highest BCUT2D eigenvalue weighted by Gasteiger charge is 2.22. The second kappa shape index (κ2) is 6.36. The smallest absolute Gasteiger partial charge is 0.175 e. The van der Waals surface area contributed by atoms with Gasteiger partial charge >= 0.3 is 0 Å². The summed E-state index contributed by atoms with van der Waals surface area (Å²) in [6.07, 6.45) is 8.04. The van der Waals surface area contributed by atoms with Crippen LogP contribution >= 0.6 is 0 Å². The molecule has 102 valence electrons. The molecule has 0 amide bonds. The molecule has 2 aromatic heterocycles. The Hall–Kier alpha value is -1.84. The van der Waals surface area contributed by atoms with Gasteiger partial charge in [0.2, 0.25) is 0 Å². The van der Waals surface area contributed by atoms with Crippen LogP contribution in [0.4, 0.5) is 5.82 Å². The molecule has 2 heterocycles. The van der Waals surface area contributed by atoms with Gasteiger partial charge in [-0.1, -0.05) is 31.8 Å². The van der Waals surface area contributed by atoms with E-state index in [4.69, 9.17) is 10.3 Å². The molecule has 0 aromatic carbocycles. The Balaban J connectivity index is 2.36. The third kappa shape index (κ3) is 2.95. The molecule has 0 saturated heterocycles. The number of nitrogens with zero attached hydrogens (tertiary/aromatic N) is 2. The fourth-order valence-electron chi connectivity index (χ4n) is 2.37. The molecule has 0 spiro atoms. The normalized spacial score (nSPS) is 12.5. The summed E-state index contributed by atoms with van der Waals surface area (Å²) >= 11 is 0. The van der Waals surface area contributed by atoms with Gasteiger partial charge in [-0.3, -0.25) is 4.98 Å². The lowest BCUT2D eigenvalue weighted by molar-refractivity contribution is 0.349. The highest BCUT2D eigenvalue weighted by molar-refractivity contribution is 5.75. The molecule has 0 saturated carbocycles. The van der Waals surface area contributed by atoms with Gasteiger partial charge in [0.1, 0.15) is 5.76 Å². The second-order valence-corrected chi connectivity index (χ2v) is 4.79. The third-order valence-corrected chi connectivity index (χ3v) is 3.48. The number of aromatic nitrogens is 2. The van der Waals surface area contributed by atoms with Crippen molar-refractivity contribution in [3.05, 3.63) is 30.3 Å². The van der Waals surface area contributed by atoms with Crippen LogP contribution in [0.15, 0.2) is 29.0 Å². The first kappa shape index (κ1) is 13.6. The number of unbranched alkanes of at least 4 members (excludes halogenated alkanes) is 1. The summed E-state index contributed by atoms with van der Waals surface area (Å²) in [5, 5.41) is 3.95. The van der Waals surface area contributed by atoms with Gasteiger partial charge in [-0.2, -0.15) is 0 Å². The summed E-state index contributed by atoms with van der Waals surface area (Å²) < 4.78 is 5.50. The number of hydrogen-bond donors (Lipinski definition) is 1. The van der Waals surface area contributed by atoms with Gasteiger partial charge in [-0.15, -0.1) is 0 Å². The lowest BCUT2D eigenvalue weighted by Gasteiger charge is -2.12. The fourth-order valence-corrected chi connectivity index (χ4v) is 2.37. The highest BCUT2D eigenvalue weighted by Crippen LogP contribution is 2.37. The zero-order valence-electron chi connectivity index (χ0n) is 11.6. The molecule has 0 aliphatic carbocycles. The number of rotatable bonds is 6. The van der Waals surface area contributed by atoms with E-state index in [1.54, 1.807) is 12.4 Å². The summed E-state index contributed by atoms with van der Waals surface area (Å²) in [4.78, 5) is 4.04. The van der Waals surface area contributed by atoms with Gasteiger partial charge in [0, 0.05) is 18.3 Å². The summed E-state index contributed by atoms with van der Waals surface area (Å²) in [7, 11) is 0. The first-order chi connectivity index (χ1) is 9.27. The van der Waals surface area contributed by atoms with E-state index in [1.807, 2.05) is 12.1 Å². The molecule has 4 nitrogen and oxygen atoms in total. The largest absolute Gasteiger partial charge is 0.380 e. The van der Waals surface area contributed by atoms with E-state index in [0.29, 0.717) is 11.7 Å². The Bertz CT molecular complexity index is 507. The maximum Gasteiger partial charge on any atom is 0.175 e. The molecule has 0 radical (unpaired) electrons. The maximum atomic E-state index is 5.97. The van der Waals surface area contributed by atoms with E-state index in [2.05, 4.69) is 24.0 Å². The average molecular weight is 259 g/mol. The zero-order valence-corrected chi connectivity index (χ0v) is 11.6. The molecule has 0 fully saturated rings. The van der Waals surface area contributed by atoms with Crippen molar-refractivity contribution in [3.8, 4) is 11.1 Å². The van der Waals surface area contributed by atoms with Crippen LogP contribution in [-0.4, -0.2) is 10.1 Å². The summed E-state index contributed by atoms with van der Waals surface area (Å²) in [6.45, 7) is 4.38. The van der Waals surface area contributed by atoms with Crippen LogP contribution in [-0.2, 0) is 0 Å². The van der Waals surface area contributed by atoms with Crippen LogP contribution in [0.1, 0.15) is 51.2 Å². The van der Waals surface area contributed by atoms with Gasteiger partial charge in [0.05, 0.1) is 5.56 Å². The van der Waals surface area contributed by atoms with Crippen molar-refractivity contribution >= 4 is 5.82 Å². The molecule has 2 N–H and O–H groups in total. The Morgan fingerprint density at radius 1 is 1.26 bits per heavy atom. The van der Waals surface area contributed by atoms with Crippen LogP contribution in [0.5, 0.6) is 0 Å². The molecule has 4 heteroatoms. The molecule has 2 aromatic rings. The van der Waals surface area contributed by atoms with Gasteiger partial charge in [0.15, 0.2) is 5.82 Å². The third-order valence-electron chi connectivity index (χ3n) is 3.48. The van der Waals surface area contributed by atoms with Crippen LogP contribution in [0.3, 0.4) is 0 Å². The second-order valence-electron chi connectivity index (χ2n) is 4.79. The Morgan fingerprint density at radius 3 is 2.63 bits per heavy atom. The molecule has 1 unspecified atom stereocenters. The zero-order chi connectivity index (χ0) is 13.7. The van der Waals surface area contributed by atoms with Crippen molar-refractivity contribution in [2.75, 3.05) is 5.73 Å². The van der Waals surface area contributed by atoms with Crippen molar-refractivity contribution in [2.24, 2.45) is 0 Å². The lowest BCUT2D eigenvalue weighted by atomic mass is 9.92. The SMILES string of the molecule is CCCCC(CC)c1onc(N)c1-c1ccncc1. The van der Waals surface area contributed by atoms with Crippen molar-refractivity contribution in [3.63, 3.8) is 0 Å². The number of nitrogen functional groups attached to an aromatic ring is 1. The predicted molar refractivity (Wildman–Crippen MR) is 76.7 cm³/mol. The number of hydrogen-bond acceptors (Lipinski definition) is 4. The topological polar surface area (TPSA) is 64.9 Å². The molecule has 0 bridgehead atoms. The van der Waals surface area contributed by atoms with Crippen LogP contribution in [0.25, 0.3) is 11.1 Å². The van der Waals surface area contributed by atoms with E-state index in [9.17, 15) is 0 Å². The van der Waals surface area contributed by atoms with Crippen LogP contribution in [0, 0.1) is 0 Å². The lowest BCUT2D eigenvalue weighted by Crippen LogP contribution is -1.99. The number of anilines is 1. The van der Waals surface area contributed by atoms with E-state index < -0.39 is 0 Å². The molecule has 2 rings (SSSR count). The molecule has 0 aliphatic heterocycles. The standard InChI is InChI=1S/C15H21N3O/c1-3-5-6-11(4-2)14-13(15(16)18-19-14)12-7-9-17-10-8-12/h7-11H,3-6H2,1-2H3,(H2,16,18). The summed E-state index contributed by atoms with van der Waals surface area (Å²) in [5.41, 5.74) is 7.93. The highest BCUT2D eigenvalue weighted by atomic mass is 16.5. The van der Waals surface area contributed by atoms with E-state index in [-0.39, 0.29) is 0 Å². The van der Waals surface area contributed by atoms with Gasteiger partial charge in [-0.25, -0.2) is 0 Å². The molecular weight excluding hydrogens is 238 g/mol. The van der Waals surface area contributed by atoms with E-state index in [0.717, 1.165) is 29.7 Å². The van der Waals surface area contributed by atoms with Crippen molar-refractivity contribution in [2.45, 2.75) is 45.4 Å². The average Bonchev–Trinajstić information content (AvgIpc) is 2.83. The quantitative estimate of drug-likeness (QED) is 0.851. The van der Waals surface area contributed by atoms with Crippen molar-refractivity contribution < 1.29 is 4.52 Å². The number of pyridine rings is 1. The van der Waals surface area contributed by atoms with Crippen LogP contribution < -0.4 is 5.73 Å². The summed E-state index contributed by atoms with van der Waals surface area (Å²) in [5.74, 6) is 1.77. The number of nitrogens with two attached hydrogens (primary N) is 1. The Kier molecular flexibility index (Phi) is 4.55. The minimum Gasteiger partial charge on any atom is -0.380 e. The summed E-state index contributed by atoms with van der Waals surface area (Å²) in [6, 6.07) is 3.89. The molecule has 1 atom stereocenters. The monoisotopic (exact) mass is 259 g/mol. The minimum absolute atomic E-state index is 0.382. The van der Waals surface area contributed by atoms with Gasteiger partial charge in [0.25, 0.3) is 0 Å². The van der Waals surface area contributed by atoms with Crippen molar-refractivity contribution in [1.82, 2.24) is 10.1 Å². The Labute approximate surface area is 114 Å². The van der Waals surface area contributed by atoms with Gasteiger partial charge in [-0.05, 0) is 30.5 Å². The van der Waals surface area contributed by atoms with Gasteiger partial charge < -0.3 is 10.3 Å². The molecule has 0 aliphatic rings. The van der Waals surface area contributed by atoms with E-state index >= 15 is 0 Å². The molecular formula is C15H21N3O. The van der Waals surface area contributed by atoms with Crippen molar-refractivity contribution in [1.29, 1.82) is 0 Å².